The summed E-state index contributed by atoms with van der Waals surface area (Å²) >= 11 is 0. The monoisotopic (exact) mass is 282 g/mol. The SMILES string of the molecule is CCCC(=O)c1ccn(Cc2ccc(C#N)c(OC)c2)c1. The zero-order valence-corrected chi connectivity index (χ0v) is 12.3. The molecule has 108 valence electrons. The molecule has 0 unspecified atom stereocenters. The van der Waals surface area contributed by atoms with Crippen LogP contribution in [0.25, 0.3) is 0 Å². The number of benzene rings is 1. The Labute approximate surface area is 124 Å². The molecule has 0 saturated heterocycles. The molecule has 0 aliphatic rings. The average molecular weight is 282 g/mol. The van der Waals surface area contributed by atoms with Crippen molar-refractivity contribution in [2.24, 2.45) is 0 Å². The summed E-state index contributed by atoms with van der Waals surface area (Å²) in [5, 5.41) is 8.97. The van der Waals surface area contributed by atoms with Crippen LogP contribution in [0.15, 0.2) is 36.7 Å². The van der Waals surface area contributed by atoms with Gasteiger partial charge in [0, 0.05) is 30.9 Å². The Morgan fingerprint density at radius 3 is 2.86 bits per heavy atom. The fourth-order valence-electron chi connectivity index (χ4n) is 2.21. The minimum Gasteiger partial charge on any atom is -0.495 e. The summed E-state index contributed by atoms with van der Waals surface area (Å²) in [4.78, 5) is 11.8. The van der Waals surface area contributed by atoms with Crippen molar-refractivity contribution in [1.82, 2.24) is 4.57 Å². The van der Waals surface area contributed by atoms with Gasteiger partial charge in [-0.15, -0.1) is 0 Å². The van der Waals surface area contributed by atoms with Crippen LogP contribution in [0.5, 0.6) is 5.75 Å². The largest absolute Gasteiger partial charge is 0.495 e. The average Bonchev–Trinajstić information content (AvgIpc) is 2.96. The van der Waals surface area contributed by atoms with Crippen molar-refractivity contribution in [2.45, 2.75) is 26.3 Å². The third-order valence-electron chi connectivity index (χ3n) is 3.30. The third-order valence-corrected chi connectivity index (χ3v) is 3.30. The lowest BCUT2D eigenvalue weighted by Crippen LogP contribution is -2.00. The standard InChI is InChI=1S/C17H18N2O2/c1-3-4-16(20)15-7-8-19(12-15)11-13-5-6-14(10-18)17(9-13)21-2/h5-9,12H,3-4,11H2,1-2H3. The Bertz CT molecular complexity index is 680. The number of methoxy groups -OCH3 is 1. The highest BCUT2D eigenvalue weighted by Gasteiger charge is 2.08. The van der Waals surface area contributed by atoms with Crippen LogP contribution in [-0.2, 0) is 6.54 Å². The summed E-state index contributed by atoms with van der Waals surface area (Å²) in [7, 11) is 1.55. The van der Waals surface area contributed by atoms with Crippen LogP contribution in [0.3, 0.4) is 0 Å². The van der Waals surface area contributed by atoms with Crippen molar-refractivity contribution in [1.29, 1.82) is 5.26 Å². The van der Waals surface area contributed by atoms with E-state index in [2.05, 4.69) is 6.07 Å². The minimum absolute atomic E-state index is 0.175. The number of nitriles is 1. The van der Waals surface area contributed by atoms with Crippen molar-refractivity contribution in [3.8, 4) is 11.8 Å². The minimum atomic E-state index is 0.175. The molecule has 0 saturated carbocycles. The zero-order valence-electron chi connectivity index (χ0n) is 12.3. The highest BCUT2D eigenvalue weighted by Crippen LogP contribution is 2.20. The molecule has 0 N–H and O–H groups in total. The maximum atomic E-state index is 11.8. The van der Waals surface area contributed by atoms with Crippen molar-refractivity contribution < 1.29 is 9.53 Å². The zero-order chi connectivity index (χ0) is 15.2. The molecule has 2 aromatic rings. The van der Waals surface area contributed by atoms with E-state index >= 15 is 0 Å². The normalized spacial score (nSPS) is 10.1. The van der Waals surface area contributed by atoms with E-state index in [9.17, 15) is 4.79 Å². The number of rotatable bonds is 6. The number of aromatic nitrogens is 1. The van der Waals surface area contributed by atoms with Crippen LogP contribution < -0.4 is 4.74 Å². The molecule has 0 bridgehead atoms. The van der Waals surface area contributed by atoms with Gasteiger partial charge < -0.3 is 9.30 Å². The number of Topliss-reactive ketones (excluding diaryl/α,β-unsaturated/α-hetero) is 1. The molecule has 21 heavy (non-hydrogen) atoms. The molecule has 1 heterocycles. The number of ether oxygens (including phenoxy) is 1. The Hall–Kier alpha value is -2.54. The van der Waals surface area contributed by atoms with Crippen LogP contribution in [0.2, 0.25) is 0 Å². The van der Waals surface area contributed by atoms with Crippen LogP contribution in [0, 0.1) is 11.3 Å². The van der Waals surface area contributed by atoms with Gasteiger partial charge in [0.05, 0.1) is 12.7 Å². The highest BCUT2D eigenvalue weighted by molar-refractivity contribution is 5.95. The summed E-state index contributed by atoms with van der Waals surface area (Å²) < 4.78 is 7.17. The van der Waals surface area contributed by atoms with Gasteiger partial charge in [-0.05, 0) is 30.2 Å². The van der Waals surface area contributed by atoms with Gasteiger partial charge in [0.1, 0.15) is 11.8 Å². The molecule has 0 aliphatic heterocycles. The van der Waals surface area contributed by atoms with E-state index in [0.717, 1.165) is 17.5 Å². The molecular weight excluding hydrogens is 264 g/mol. The summed E-state index contributed by atoms with van der Waals surface area (Å²) in [6.45, 7) is 2.64. The van der Waals surface area contributed by atoms with E-state index in [4.69, 9.17) is 10.00 Å². The van der Waals surface area contributed by atoms with E-state index in [1.165, 1.54) is 0 Å². The van der Waals surface area contributed by atoms with Crippen molar-refractivity contribution >= 4 is 5.78 Å². The molecule has 0 fully saturated rings. The van der Waals surface area contributed by atoms with Crippen LogP contribution in [-0.4, -0.2) is 17.5 Å². The van der Waals surface area contributed by atoms with Crippen molar-refractivity contribution in [2.75, 3.05) is 7.11 Å². The summed E-state index contributed by atoms with van der Waals surface area (Å²) in [5.41, 5.74) is 2.29. The van der Waals surface area contributed by atoms with Gasteiger partial charge >= 0.3 is 0 Å². The lowest BCUT2D eigenvalue weighted by atomic mass is 10.1. The number of hydrogen-bond acceptors (Lipinski definition) is 3. The predicted octanol–water partition coefficient (Wildman–Crippen LogP) is 3.40. The van der Waals surface area contributed by atoms with Gasteiger partial charge in [-0.1, -0.05) is 13.0 Å². The van der Waals surface area contributed by atoms with Gasteiger partial charge in [0.2, 0.25) is 0 Å². The van der Waals surface area contributed by atoms with Gasteiger partial charge in [-0.2, -0.15) is 5.26 Å². The molecule has 2 rings (SSSR count). The van der Waals surface area contributed by atoms with Gasteiger partial charge in [-0.25, -0.2) is 0 Å². The highest BCUT2D eigenvalue weighted by atomic mass is 16.5. The summed E-state index contributed by atoms with van der Waals surface area (Å²) in [6.07, 6.45) is 5.20. The maximum absolute atomic E-state index is 11.8. The van der Waals surface area contributed by atoms with E-state index in [0.29, 0.717) is 24.3 Å². The quantitative estimate of drug-likeness (QED) is 0.763. The number of hydrogen-bond donors (Lipinski definition) is 0. The van der Waals surface area contributed by atoms with E-state index in [-0.39, 0.29) is 5.78 Å². The lowest BCUT2D eigenvalue weighted by molar-refractivity contribution is 0.0981. The van der Waals surface area contributed by atoms with Crippen LogP contribution >= 0.6 is 0 Å². The Morgan fingerprint density at radius 1 is 1.38 bits per heavy atom. The number of carbonyl (C=O) groups is 1. The van der Waals surface area contributed by atoms with E-state index in [1.54, 1.807) is 13.2 Å². The van der Waals surface area contributed by atoms with Crippen LogP contribution in [0.4, 0.5) is 0 Å². The Morgan fingerprint density at radius 2 is 2.19 bits per heavy atom. The molecule has 1 aromatic heterocycles. The van der Waals surface area contributed by atoms with E-state index < -0.39 is 0 Å². The molecular formula is C17H18N2O2. The van der Waals surface area contributed by atoms with Crippen molar-refractivity contribution in [3.63, 3.8) is 0 Å². The maximum Gasteiger partial charge on any atom is 0.164 e. The summed E-state index contributed by atoms with van der Waals surface area (Å²) in [5.74, 6) is 0.748. The first kappa shape index (κ1) is 14.9. The van der Waals surface area contributed by atoms with Gasteiger partial charge in [-0.3, -0.25) is 4.79 Å². The lowest BCUT2D eigenvalue weighted by Gasteiger charge is -2.07. The van der Waals surface area contributed by atoms with Crippen molar-refractivity contribution in [3.05, 3.63) is 53.3 Å². The second-order valence-electron chi connectivity index (χ2n) is 4.89. The predicted molar refractivity (Wildman–Crippen MR) is 80.5 cm³/mol. The fraction of sp³-hybridized carbons (Fsp3) is 0.294. The fourth-order valence-corrected chi connectivity index (χ4v) is 2.21. The molecule has 1 aromatic carbocycles. The number of nitrogens with zero attached hydrogens (tertiary/aromatic N) is 2. The second-order valence-corrected chi connectivity index (χ2v) is 4.89. The van der Waals surface area contributed by atoms with Gasteiger partial charge in [0.25, 0.3) is 0 Å². The van der Waals surface area contributed by atoms with Gasteiger partial charge in [0.15, 0.2) is 5.78 Å². The van der Waals surface area contributed by atoms with Crippen LogP contribution in [0.1, 0.15) is 41.3 Å². The molecule has 0 amide bonds. The first-order valence-electron chi connectivity index (χ1n) is 6.94. The third kappa shape index (κ3) is 3.51. The smallest absolute Gasteiger partial charge is 0.164 e. The van der Waals surface area contributed by atoms with E-state index in [1.807, 2.05) is 42.1 Å². The Balaban J connectivity index is 2.15. The number of carbonyl (C=O) groups excluding carboxylic acids is 1. The number of ketones is 1. The first-order chi connectivity index (χ1) is 10.2. The molecule has 0 atom stereocenters. The first-order valence-corrected chi connectivity index (χ1v) is 6.94. The molecule has 4 heteroatoms. The second kappa shape index (κ2) is 6.76. The Kier molecular flexibility index (Phi) is 4.78. The molecule has 0 radical (unpaired) electrons. The molecule has 0 aliphatic carbocycles. The topological polar surface area (TPSA) is 55.0 Å². The molecule has 0 spiro atoms. The molecule has 4 nitrogen and oxygen atoms in total. The summed E-state index contributed by atoms with van der Waals surface area (Å²) in [6, 6.07) is 9.44.